The Morgan fingerprint density at radius 1 is 1.23 bits per heavy atom. The summed E-state index contributed by atoms with van der Waals surface area (Å²) >= 11 is 6.47. The van der Waals surface area contributed by atoms with E-state index in [0.29, 0.717) is 54.6 Å². The Hall–Kier alpha value is -2.78. The smallest absolute Gasteiger partial charge is 0.338 e. The minimum absolute atomic E-state index is 0.0269. The summed E-state index contributed by atoms with van der Waals surface area (Å²) in [5.74, 6) is -0.478. The van der Waals surface area contributed by atoms with Crippen LogP contribution in [-0.2, 0) is 9.53 Å². The number of benzene rings is 1. The summed E-state index contributed by atoms with van der Waals surface area (Å²) < 4.78 is 5.43. The van der Waals surface area contributed by atoms with Gasteiger partial charge in [-0.05, 0) is 46.2 Å². The number of hydrogen-bond acceptors (Lipinski definition) is 5. The molecule has 1 saturated heterocycles. The highest BCUT2D eigenvalue weighted by Crippen LogP contribution is 2.35. The van der Waals surface area contributed by atoms with Gasteiger partial charge in [0, 0.05) is 55.5 Å². The maximum Gasteiger partial charge on any atom is 0.338 e. The fourth-order valence-corrected chi connectivity index (χ4v) is 4.86. The summed E-state index contributed by atoms with van der Waals surface area (Å²) in [6, 6.07) is 6.12. The van der Waals surface area contributed by atoms with E-state index in [1.807, 2.05) is 38.7 Å². The minimum atomic E-state index is -0.719. The second kappa shape index (κ2) is 11.8. The molecule has 10 heteroatoms. The summed E-state index contributed by atoms with van der Waals surface area (Å²) in [4.78, 5) is 44.5. The lowest BCUT2D eigenvalue weighted by atomic mass is 9.94. The molecule has 3 rings (SSSR count). The minimum Gasteiger partial charge on any atom is -0.463 e. The van der Waals surface area contributed by atoms with Crippen LogP contribution in [0.1, 0.15) is 46.2 Å². The number of carbonyl (C=O) groups excluding carboxylic acids is 3. The van der Waals surface area contributed by atoms with Gasteiger partial charge in [-0.15, -0.1) is 0 Å². The van der Waals surface area contributed by atoms with Gasteiger partial charge in [0.1, 0.15) is 0 Å². The fraction of sp³-hybridized carbons (Fsp3) is 0.560. The first-order valence-electron chi connectivity index (χ1n) is 12.2. The summed E-state index contributed by atoms with van der Waals surface area (Å²) in [6.45, 7) is 12.3. The van der Waals surface area contributed by atoms with E-state index in [4.69, 9.17) is 16.3 Å². The van der Waals surface area contributed by atoms with E-state index >= 15 is 0 Å². The number of nitrogens with zero attached hydrogens (tertiary/aromatic N) is 3. The average Bonchev–Trinajstić information content (AvgIpc) is 2.79. The molecule has 2 atom stereocenters. The van der Waals surface area contributed by atoms with Crippen molar-refractivity contribution in [1.82, 2.24) is 25.3 Å². The van der Waals surface area contributed by atoms with Crippen molar-refractivity contribution < 1.29 is 19.1 Å². The predicted molar refractivity (Wildman–Crippen MR) is 135 cm³/mol. The number of halogens is 1. The molecule has 0 saturated carbocycles. The van der Waals surface area contributed by atoms with E-state index < -0.39 is 12.0 Å². The number of rotatable bonds is 7. The van der Waals surface area contributed by atoms with Gasteiger partial charge < -0.3 is 20.3 Å². The van der Waals surface area contributed by atoms with Crippen LogP contribution in [0.5, 0.6) is 0 Å². The summed E-state index contributed by atoms with van der Waals surface area (Å²) in [5, 5.41) is 6.36. The number of esters is 1. The molecular weight excluding hydrogens is 470 g/mol. The number of nitrogens with one attached hydrogen (secondary N) is 2. The highest BCUT2D eigenvalue weighted by Gasteiger charge is 2.39. The molecule has 9 nitrogen and oxygen atoms in total. The molecule has 4 amide bonds. The van der Waals surface area contributed by atoms with E-state index in [1.54, 1.807) is 30.0 Å². The highest BCUT2D eigenvalue weighted by molar-refractivity contribution is 6.31. The summed E-state index contributed by atoms with van der Waals surface area (Å²) in [7, 11) is 0. The van der Waals surface area contributed by atoms with Gasteiger partial charge in [-0.3, -0.25) is 9.80 Å². The van der Waals surface area contributed by atoms with E-state index in [2.05, 4.69) is 15.5 Å². The van der Waals surface area contributed by atoms with Gasteiger partial charge in [-0.25, -0.2) is 14.4 Å². The number of urea groups is 2. The maximum absolute atomic E-state index is 13.2. The third-order valence-corrected chi connectivity index (χ3v) is 6.57. The number of amides is 4. The van der Waals surface area contributed by atoms with Crippen molar-refractivity contribution in [1.29, 1.82) is 0 Å². The molecule has 0 spiro atoms. The van der Waals surface area contributed by atoms with Crippen LogP contribution in [0.2, 0.25) is 5.02 Å². The highest BCUT2D eigenvalue weighted by atomic mass is 35.5. The molecule has 35 heavy (non-hydrogen) atoms. The average molecular weight is 506 g/mol. The molecule has 0 bridgehead atoms. The second-order valence-corrected chi connectivity index (χ2v) is 9.52. The Kier molecular flexibility index (Phi) is 9.02. The van der Waals surface area contributed by atoms with Crippen molar-refractivity contribution in [3.05, 3.63) is 46.1 Å². The third-order valence-electron chi connectivity index (χ3n) is 6.22. The molecule has 0 aliphatic carbocycles. The number of carbonyl (C=O) groups is 3. The zero-order valence-electron chi connectivity index (χ0n) is 21.1. The quantitative estimate of drug-likeness (QED) is 0.554. The third kappa shape index (κ3) is 6.08. The van der Waals surface area contributed by atoms with Crippen LogP contribution >= 0.6 is 11.6 Å². The predicted octanol–water partition coefficient (Wildman–Crippen LogP) is 3.37. The normalized spacial score (nSPS) is 21.3. The largest absolute Gasteiger partial charge is 0.463 e. The van der Waals surface area contributed by atoms with Gasteiger partial charge in [0.15, 0.2) is 0 Å². The molecule has 192 valence electrons. The van der Waals surface area contributed by atoms with Crippen LogP contribution in [0.25, 0.3) is 0 Å². The zero-order chi connectivity index (χ0) is 25.7. The Labute approximate surface area is 212 Å². The van der Waals surface area contributed by atoms with Crippen LogP contribution in [-0.4, -0.2) is 84.1 Å². The number of hydrogen-bond donors (Lipinski definition) is 2. The Bertz CT molecular complexity index is 982. The molecule has 2 N–H and O–H groups in total. The second-order valence-electron chi connectivity index (χ2n) is 9.11. The summed E-state index contributed by atoms with van der Waals surface area (Å²) in [5.41, 5.74) is 1.63. The number of piperazine rings is 1. The van der Waals surface area contributed by atoms with E-state index in [9.17, 15) is 14.4 Å². The molecule has 0 radical (unpaired) electrons. The first-order valence-corrected chi connectivity index (χ1v) is 12.6. The van der Waals surface area contributed by atoms with Gasteiger partial charge in [-0.1, -0.05) is 29.8 Å². The Morgan fingerprint density at radius 2 is 1.94 bits per heavy atom. The lowest BCUT2D eigenvalue weighted by molar-refractivity contribution is -0.139. The monoisotopic (exact) mass is 505 g/mol. The van der Waals surface area contributed by atoms with Crippen molar-refractivity contribution in [2.75, 3.05) is 39.3 Å². The molecule has 1 aromatic carbocycles. The van der Waals surface area contributed by atoms with Crippen LogP contribution in [0.15, 0.2) is 35.5 Å². The van der Waals surface area contributed by atoms with E-state index in [-0.39, 0.29) is 30.8 Å². The Balaban J connectivity index is 1.95. The van der Waals surface area contributed by atoms with Crippen LogP contribution in [0.4, 0.5) is 9.59 Å². The molecular formula is C25H36ClN5O4. The molecule has 0 unspecified atom stereocenters. The number of ether oxygens (including phenoxy) is 1. The van der Waals surface area contributed by atoms with Crippen LogP contribution < -0.4 is 10.6 Å². The maximum atomic E-state index is 13.2. The molecule has 2 aliphatic heterocycles. The van der Waals surface area contributed by atoms with Gasteiger partial charge in [0.05, 0.1) is 18.2 Å². The molecule has 0 aromatic heterocycles. The topological polar surface area (TPSA) is 94.2 Å². The van der Waals surface area contributed by atoms with Crippen molar-refractivity contribution in [3.63, 3.8) is 0 Å². The first kappa shape index (κ1) is 26.8. The van der Waals surface area contributed by atoms with E-state index in [1.165, 1.54) is 0 Å². The van der Waals surface area contributed by atoms with Crippen molar-refractivity contribution in [2.24, 2.45) is 0 Å². The molecule has 1 aromatic rings. The van der Waals surface area contributed by atoms with Gasteiger partial charge in [-0.2, -0.15) is 0 Å². The van der Waals surface area contributed by atoms with Gasteiger partial charge >= 0.3 is 18.0 Å². The van der Waals surface area contributed by atoms with E-state index in [0.717, 1.165) is 0 Å². The van der Waals surface area contributed by atoms with Gasteiger partial charge in [0.2, 0.25) is 0 Å². The molecule has 1 fully saturated rings. The SMILES string of the molecule is CCOC(=O)C1=C(CN2CCN(C(=O)NC(C)C)[C@H](C)C2)N(CC)C(=O)N[C@@H]1c1ccccc1Cl. The fourth-order valence-electron chi connectivity index (χ4n) is 4.62. The summed E-state index contributed by atoms with van der Waals surface area (Å²) in [6.07, 6.45) is 0. The Morgan fingerprint density at radius 3 is 2.54 bits per heavy atom. The van der Waals surface area contributed by atoms with Crippen molar-refractivity contribution >= 4 is 29.6 Å². The van der Waals surface area contributed by atoms with Crippen molar-refractivity contribution in [2.45, 2.75) is 52.7 Å². The zero-order valence-corrected chi connectivity index (χ0v) is 21.9. The molecule has 2 heterocycles. The number of likely N-dealkylation sites (N-methyl/N-ethyl adjacent to an activating group) is 1. The van der Waals surface area contributed by atoms with Crippen LogP contribution in [0, 0.1) is 0 Å². The lowest BCUT2D eigenvalue weighted by Gasteiger charge is -2.43. The van der Waals surface area contributed by atoms with Crippen molar-refractivity contribution in [3.8, 4) is 0 Å². The molecule has 2 aliphatic rings. The lowest BCUT2D eigenvalue weighted by Crippen LogP contribution is -2.58. The first-order chi connectivity index (χ1) is 16.7. The van der Waals surface area contributed by atoms with Crippen LogP contribution in [0.3, 0.4) is 0 Å². The van der Waals surface area contributed by atoms with Gasteiger partial charge in [0.25, 0.3) is 0 Å². The standard InChI is InChI=1S/C25H36ClN5O4/c1-6-30-20(15-29-12-13-31(17(5)14-29)24(33)27-16(3)4)21(23(32)35-7-2)22(28-25(30)34)18-10-8-9-11-19(18)26/h8-11,16-17,22H,6-7,12-15H2,1-5H3,(H,27,33)(H,28,34)/t17-,22-/m1/s1.